The number of hydrogen-bond acceptors (Lipinski definition) is 5. The van der Waals surface area contributed by atoms with Crippen LogP contribution in [0.2, 0.25) is 0 Å². The summed E-state index contributed by atoms with van der Waals surface area (Å²) in [4.78, 5) is 53.4. The first-order chi connectivity index (χ1) is 26.0. The number of aromatic nitrogens is 2. The minimum atomic E-state index is -1.18. The van der Waals surface area contributed by atoms with E-state index in [1.54, 1.807) is 43.7 Å². The van der Waals surface area contributed by atoms with Crippen molar-refractivity contribution >= 4 is 35.0 Å². The quantitative estimate of drug-likeness (QED) is 0.187. The maximum absolute atomic E-state index is 14.4. The fraction of sp³-hybridized carbons (Fsp3) is 0.702. The normalized spacial score (nSPS) is 35.8. The molecule has 0 amide bonds. The van der Waals surface area contributed by atoms with E-state index in [-0.39, 0.29) is 57.4 Å². The van der Waals surface area contributed by atoms with Gasteiger partial charge < -0.3 is 9.84 Å². The molecule has 2 unspecified atom stereocenters. The molecule has 0 radical (unpaired) electrons. The minimum Gasteiger partial charge on any atom is -0.481 e. The van der Waals surface area contributed by atoms with Crippen LogP contribution in [-0.2, 0) is 31.1 Å². The van der Waals surface area contributed by atoms with Crippen molar-refractivity contribution in [1.29, 1.82) is 0 Å². The summed E-state index contributed by atoms with van der Waals surface area (Å²) < 4.78 is 9.98. The highest BCUT2D eigenvalue weighted by Crippen LogP contribution is 2.77. The van der Waals surface area contributed by atoms with Gasteiger partial charge in [-0.25, -0.2) is 4.68 Å². The molecule has 308 valence electrons. The Bertz CT molecular complexity index is 1970. The molecule has 5 aliphatic carbocycles. The molecule has 8 atom stereocenters. The van der Waals surface area contributed by atoms with E-state index >= 15 is 0 Å². The van der Waals surface area contributed by atoms with Gasteiger partial charge in [0.15, 0.2) is 5.78 Å². The van der Waals surface area contributed by atoms with Gasteiger partial charge in [0.1, 0.15) is 6.10 Å². The summed E-state index contributed by atoms with van der Waals surface area (Å²) in [6, 6.07) is 1.80. The van der Waals surface area contributed by atoms with Gasteiger partial charge in [0.2, 0.25) is 0 Å². The third kappa shape index (κ3) is 6.20. The Balaban J connectivity index is 1.39. The Morgan fingerprint density at radius 3 is 2.27 bits per heavy atom. The van der Waals surface area contributed by atoms with E-state index in [0.717, 1.165) is 62.6 Å². The number of Topliss-reactive ketones (excluding diaryl/α,β-unsaturated/α-hetero) is 1. The number of carbonyl (C=O) groups is 3. The summed E-state index contributed by atoms with van der Waals surface area (Å²) in [5.74, 6) is -0.112. The van der Waals surface area contributed by atoms with Crippen LogP contribution in [0.1, 0.15) is 146 Å². The van der Waals surface area contributed by atoms with Crippen molar-refractivity contribution in [3.8, 4) is 0 Å². The Kier molecular flexibility index (Phi) is 10.8. The molecule has 1 aromatic rings. The van der Waals surface area contributed by atoms with E-state index in [4.69, 9.17) is 16.3 Å². The van der Waals surface area contributed by atoms with Crippen LogP contribution < -0.4 is 5.56 Å². The number of carbonyl (C=O) groups excluding carboxylic acids is 2. The van der Waals surface area contributed by atoms with E-state index in [9.17, 15) is 24.3 Å². The van der Waals surface area contributed by atoms with Gasteiger partial charge in [-0.1, -0.05) is 66.6 Å². The Hall–Kier alpha value is -3.13. The summed E-state index contributed by atoms with van der Waals surface area (Å²) >= 11 is 6.20. The van der Waals surface area contributed by atoms with Gasteiger partial charge in [-0.15, -0.1) is 0 Å². The molecule has 0 aliphatic heterocycles. The van der Waals surface area contributed by atoms with Crippen LogP contribution in [0, 0.1) is 50.7 Å². The molecule has 1 heterocycles. The molecule has 4 fully saturated rings. The minimum absolute atomic E-state index is 0.0139. The van der Waals surface area contributed by atoms with Gasteiger partial charge in [0.25, 0.3) is 5.56 Å². The summed E-state index contributed by atoms with van der Waals surface area (Å²) in [5.41, 5.74) is 1.75. The lowest BCUT2D eigenvalue weighted by atomic mass is 9.33. The van der Waals surface area contributed by atoms with E-state index in [0.29, 0.717) is 35.5 Å². The molecule has 1 N–H and O–H groups in total. The number of fused-ring (bicyclic) bond motifs is 7. The highest BCUT2D eigenvalue weighted by molar-refractivity contribution is 6.29. The molecule has 5 aliphatic rings. The zero-order valence-electron chi connectivity index (χ0n) is 35.9. The number of esters is 1. The first-order valence-corrected chi connectivity index (χ1v) is 21.6. The highest BCUT2D eigenvalue weighted by atomic mass is 35.5. The Morgan fingerprint density at radius 2 is 1.68 bits per heavy atom. The first kappa shape index (κ1) is 42.5. The topological polar surface area (TPSA) is 108 Å². The number of nitrogens with zero attached hydrogens (tertiary/aromatic N) is 2. The highest BCUT2D eigenvalue weighted by Gasteiger charge is 2.70. The van der Waals surface area contributed by atoms with Crippen LogP contribution in [0.15, 0.2) is 51.8 Å². The number of allylic oxidation sites excluding steroid dienone is 7. The van der Waals surface area contributed by atoms with Crippen molar-refractivity contribution in [2.45, 2.75) is 158 Å². The lowest BCUT2D eigenvalue weighted by Crippen LogP contribution is -2.66. The molecule has 56 heavy (non-hydrogen) atoms. The van der Waals surface area contributed by atoms with Crippen molar-refractivity contribution in [3.05, 3.63) is 63.1 Å². The van der Waals surface area contributed by atoms with Crippen molar-refractivity contribution in [2.75, 3.05) is 0 Å². The van der Waals surface area contributed by atoms with E-state index < -0.39 is 22.8 Å². The maximum Gasteiger partial charge on any atom is 0.309 e. The third-order valence-electron chi connectivity index (χ3n) is 16.5. The second-order valence-corrected chi connectivity index (χ2v) is 21.0. The number of carboxylic acids is 1. The van der Waals surface area contributed by atoms with Gasteiger partial charge in [-0.05, 0) is 148 Å². The summed E-state index contributed by atoms with van der Waals surface area (Å²) in [6.07, 6.45) is 12.9. The predicted molar refractivity (Wildman–Crippen MR) is 223 cm³/mol. The van der Waals surface area contributed by atoms with Crippen LogP contribution in [0.25, 0.3) is 5.70 Å². The van der Waals surface area contributed by atoms with Crippen molar-refractivity contribution in [1.82, 2.24) is 9.36 Å². The van der Waals surface area contributed by atoms with Crippen LogP contribution in [0.3, 0.4) is 0 Å². The molecule has 0 spiro atoms. The summed E-state index contributed by atoms with van der Waals surface area (Å²) in [7, 11) is 0. The second-order valence-electron chi connectivity index (χ2n) is 20.4. The Labute approximate surface area is 339 Å². The molecule has 0 saturated heterocycles. The number of carboxylic acid groups (broad SMARTS) is 1. The van der Waals surface area contributed by atoms with Crippen LogP contribution in [0.4, 0.5) is 0 Å². The number of aliphatic carboxylic acids is 1. The average Bonchev–Trinajstić information content (AvgIpc) is 3.60. The van der Waals surface area contributed by atoms with Gasteiger partial charge in [0, 0.05) is 34.9 Å². The summed E-state index contributed by atoms with van der Waals surface area (Å²) in [5, 5.41) is 10.3. The predicted octanol–water partition coefficient (Wildman–Crippen LogP) is 10.5. The van der Waals surface area contributed by atoms with Gasteiger partial charge in [0.05, 0.1) is 23.2 Å². The standard InChI is InChI=1S/C47H67ClN2O6/c1-13-30(16-15-29(5)48)50-37(52)25-35(49(50)14-2)47-24-23-45(11)31(40(47)39(28(3)4)32(51)26-47)17-18-34-44(10)21-20-36(56-38(53)27-42(6,7)41(54)55)43(8,9)33(44)19-22-46(34,45)12/h13,15-16,25,28,31,33-34,36H,1,14,17-24,26-27H2,2-12H3,(H,54,55)/b29-15+,30-16+/t31?,33-,34+,36-,44?,45+,46+,47-/m0/s1. The van der Waals surface area contributed by atoms with E-state index in [1.807, 2.05) is 6.08 Å². The van der Waals surface area contributed by atoms with E-state index in [2.05, 4.69) is 66.7 Å². The van der Waals surface area contributed by atoms with Gasteiger partial charge in [-0.3, -0.25) is 23.9 Å². The second kappa shape index (κ2) is 14.3. The largest absolute Gasteiger partial charge is 0.481 e. The lowest BCUT2D eigenvalue weighted by molar-refractivity contribution is -0.232. The average molecular weight is 792 g/mol. The van der Waals surface area contributed by atoms with Gasteiger partial charge in [-0.2, -0.15) is 0 Å². The fourth-order valence-electron chi connectivity index (χ4n) is 13.6. The van der Waals surface area contributed by atoms with Crippen molar-refractivity contribution in [3.63, 3.8) is 0 Å². The SMILES string of the molecule is C=C/C(=C\C=C(/C)Cl)n1c(=O)cc([C@@]23CC[C@]4(C)C(CC[C@@H]5C6(C)CC[C@H](OC(=O)CC(C)(C)C(=O)O)C(C)(C)[C@@H]6CC[C@]54C)C2=C(C(C)C)C(=O)C3)n1CC. The first-order valence-electron chi connectivity index (χ1n) is 21.2. The summed E-state index contributed by atoms with van der Waals surface area (Å²) in [6.45, 7) is 28.1. The Morgan fingerprint density at radius 1 is 1.00 bits per heavy atom. The monoisotopic (exact) mass is 790 g/mol. The molecule has 6 rings (SSSR count). The molecule has 8 nitrogen and oxygen atoms in total. The zero-order chi connectivity index (χ0) is 41.6. The zero-order valence-corrected chi connectivity index (χ0v) is 36.7. The van der Waals surface area contributed by atoms with Crippen LogP contribution in [0.5, 0.6) is 0 Å². The molecule has 0 bridgehead atoms. The molecule has 1 aromatic heterocycles. The molecule has 9 heteroatoms. The number of hydrogen-bond donors (Lipinski definition) is 1. The van der Waals surface area contributed by atoms with Crippen molar-refractivity contribution in [2.24, 2.45) is 50.7 Å². The smallest absolute Gasteiger partial charge is 0.309 e. The van der Waals surface area contributed by atoms with Crippen molar-refractivity contribution < 1.29 is 24.2 Å². The number of ketones is 1. The van der Waals surface area contributed by atoms with Crippen LogP contribution >= 0.6 is 11.6 Å². The maximum atomic E-state index is 14.4. The molecule has 4 saturated carbocycles. The van der Waals surface area contributed by atoms with Crippen LogP contribution in [-0.4, -0.2) is 38.3 Å². The number of halogens is 1. The van der Waals surface area contributed by atoms with Gasteiger partial charge >= 0.3 is 11.9 Å². The fourth-order valence-corrected chi connectivity index (χ4v) is 13.7. The molecule has 0 aromatic carbocycles. The van der Waals surface area contributed by atoms with E-state index in [1.165, 1.54) is 5.57 Å². The number of rotatable bonds is 10. The molecular formula is C47H67ClN2O6. The third-order valence-corrected chi connectivity index (χ3v) is 16.7. The molecular weight excluding hydrogens is 724 g/mol. The number of ether oxygens (including phenoxy) is 1. The lowest BCUT2D eigenvalue weighted by Gasteiger charge is -2.72.